The van der Waals surface area contributed by atoms with Crippen LogP contribution >= 0.6 is 11.6 Å². The van der Waals surface area contributed by atoms with Crippen LogP contribution in [0, 0.1) is 0 Å². The molecule has 0 radical (unpaired) electrons. The van der Waals surface area contributed by atoms with Crippen LogP contribution in [-0.4, -0.2) is 8.42 Å². The molecule has 0 bridgehead atoms. The van der Waals surface area contributed by atoms with Crippen LogP contribution in [0.3, 0.4) is 0 Å². The molecule has 0 unspecified atom stereocenters. The van der Waals surface area contributed by atoms with Gasteiger partial charge in [0, 0.05) is 5.02 Å². The third kappa shape index (κ3) is 3.30. The number of benzene rings is 3. The van der Waals surface area contributed by atoms with Crippen molar-refractivity contribution in [2.24, 2.45) is 0 Å². The van der Waals surface area contributed by atoms with Crippen molar-refractivity contribution < 1.29 is 12.6 Å². The molecule has 3 aromatic carbocycles. The monoisotopic (exact) mass is 332 g/mol. The van der Waals surface area contributed by atoms with Gasteiger partial charge in [0.15, 0.2) is 0 Å². The van der Waals surface area contributed by atoms with Crippen molar-refractivity contribution in [3.8, 4) is 0 Å². The Morgan fingerprint density at radius 1 is 0.864 bits per heavy atom. The highest BCUT2D eigenvalue weighted by atomic mass is 35.5. The SMILES string of the molecule is O=S(=O)(OCc1ccc2ccccc2c1)c1ccc(Cl)cc1. The third-order valence-electron chi connectivity index (χ3n) is 3.30. The third-order valence-corrected chi connectivity index (χ3v) is 4.83. The fourth-order valence-electron chi connectivity index (χ4n) is 2.14. The van der Waals surface area contributed by atoms with Gasteiger partial charge in [-0.25, -0.2) is 0 Å². The molecule has 0 heterocycles. The average molecular weight is 333 g/mol. The molecular weight excluding hydrogens is 320 g/mol. The Morgan fingerprint density at radius 2 is 1.55 bits per heavy atom. The van der Waals surface area contributed by atoms with E-state index >= 15 is 0 Å². The predicted molar refractivity (Wildman–Crippen MR) is 87.4 cm³/mol. The van der Waals surface area contributed by atoms with Gasteiger partial charge in [-0.3, -0.25) is 4.18 Å². The number of halogens is 1. The zero-order valence-electron chi connectivity index (χ0n) is 11.6. The molecule has 0 amide bonds. The van der Waals surface area contributed by atoms with Gasteiger partial charge in [-0.15, -0.1) is 0 Å². The van der Waals surface area contributed by atoms with Crippen LogP contribution in [0.5, 0.6) is 0 Å². The van der Waals surface area contributed by atoms with Gasteiger partial charge < -0.3 is 0 Å². The second kappa shape index (κ2) is 6.08. The minimum atomic E-state index is -3.79. The molecule has 0 spiro atoms. The van der Waals surface area contributed by atoms with Crippen molar-refractivity contribution in [2.75, 3.05) is 0 Å². The number of rotatable bonds is 4. The van der Waals surface area contributed by atoms with E-state index in [0.29, 0.717) is 5.02 Å². The fourth-order valence-corrected chi connectivity index (χ4v) is 3.17. The lowest BCUT2D eigenvalue weighted by Crippen LogP contribution is -2.06. The largest absolute Gasteiger partial charge is 0.297 e. The first-order valence-electron chi connectivity index (χ1n) is 6.67. The smallest absolute Gasteiger partial charge is 0.262 e. The van der Waals surface area contributed by atoms with Gasteiger partial charge in [0.05, 0.1) is 11.5 Å². The molecule has 0 saturated heterocycles. The van der Waals surface area contributed by atoms with Gasteiger partial charge in [0.2, 0.25) is 0 Å². The zero-order valence-corrected chi connectivity index (χ0v) is 13.1. The molecule has 0 N–H and O–H groups in total. The molecule has 5 heteroatoms. The van der Waals surface area contributed by atoms with E-state index in [1.807, 2.05) is 42.5 Å². The Labute approximate surface area is 134 Å². The summed E-state index contributed by atoms with van der Waals surface area (Å²) in [6.07, 6.45) is 0. The van der Waals surface area contributed by atoms with Crippen LogP contribution in [0.25, 0.3) is 10.8 Å². The Morgan fingerprint density at radius 3 is 2.27 bits per heavy atom. The molecular formula is C17H13ClO3S. The summed E-state index contributed by atoms with van der Waals surface area (Å²) >= 11 is 5.75. The van der Waals surface area contributed by atoms with Crippen molar-refractivity contribution in [2.45, 2.75) is 11.5 Å². The van der Waals surface area contributed by atoms with E-state index in [4.69, 9.17) is 15.8 Å². The molecule has 3 aromatic rings. The molecule has 22 heavy (non-hydrogen) atoms. The highest BCUT2D eigenvalue weighted by molar-refractivity contribution is 7.86. The topological polar surface area (TPSA) is 43.4 Å². The summed E-state index contributed by atoms with van der Waals surface area (Å²) in [5.74, 6) is 0. The second-order valence-electron chi connectivity index (χ2n) is 4.85. The fraction of sp³-hybridized carbons (Fsp3) is 0.0588. The van der Waals surface area contributed by atoms with E-state index in [0.717, 1.165) is 16.3 Å². The first-order chi connectivity index (χ1) is 10.5. The van der Waals surface area contributed by atoms with Gasteiger partial charge in [-0.05, 0) is 46.7 Å². The van der Waals surface area contributed by atoms with Crippen molar-refractivity contribution in [3.05, 3.63) is 77.3 Å². The standard InChI is InChI=1S/C17H13ClO3S/c18-16-7-9-17(10-8-16)22(19,20)21-12-13-5-6-14-3-1-2-4-15(14)11-13/h1-11H,12H2. The van der Waals surface area contributed by atoms with Crippen LogP contribution in [0.4, 0.5) is 0 Å². The first-order valence-corrected chi connectivity index (χ1v) is 8.46. The minimum absolute atomic E-state index is 0.00417. The highest BCUT2D eigenvalue weighted by Crippen LogP contribution is 2.20. The Balaban J connectivity index is 1.79. The quantitative estimate of drug-likeness (QED) is 0.665. The number of fused-ring (bicyclic) bond motifs is 1. The van der Waals surface area contributed by atoms with Crippen molar-refractivity contribution in [3.63, 3.8) is 0 Å². The Kier molecular flexibility index (Phi) is 4.16. The molecule has 0 aromatic heterocycles. The zero-order chi connectivity index (χ0) is 15.6. The Bertz CT molecular complexity index is 903. The lowest BCUT2D eigenvalue weighted by molar-refractivity contribution is 0.308. The maximum atomic E-state index is 12.1. The summed E-state index contributed by atoms with van der Waals surface area (Å²) in [4.78, 5) is 0.0951. The van der Waals surface area contributed by atoms with Crippen LogP contribution in [0.15, 0.2) is 71.6 Å². The van der Waals surface area contributed by atoms with Gasteiger partial charge in [0.25, 0.3) is 10.1 Å². The summed E-state index contributed by atoms with van der Waals surface area (Å²) in [5, 5.41) is 2.63. The van der Waals surface area contributed by atoms with Crippen LogP contribution in [0.1, 0.15) is 5.56 Å². The maximum absolute atomic E-state index is 12.1. The molecule has 112 valence electrons. The van der Waals surface area contributed by atoms with Gasteiger partial charge in [0.1, 0.15) is 0 Å². The normalized spacial score (nSPS) is 11.7. The summed E-state index contributed by atoms with van der Waals surface area (Å²) in [6, 6.07) is 19.5. The average Bonchev–Trinajstić information content (AvgIpc) is 2.53. The predicted octanol–water partition coefficient (Wildman–Crippen LogP) is 4.40. The van der Waals surface area contributed by atoms with Gasteiger partial charge in [-0.2, -0.15) is 8.42 Å². The second-order valence-corrected chi connectivity index (χ2v) is 6.90. The van der Waals surface area contributed by atoms with E-state index in [2.05, 4.69) is 0 Å². The molecule has 0 fully saturated rings. The molecule has 0 atom stereocenters. The van der Waals surface area contributed by atoms with E-state index in [9.17, 15) is 8.42 Å². The highest BCUT2D eigenvalue weighted by Gasteiger charge is 2.15. The van der Waals surface area contributed by atoms with Crippen LogP contribution < -0.4 is 0 Å². The molecule has 0 aliphatic carbocycles. The maximum Gasteiger partial charge on any atom is 0.297 e. The molecule has 0 saturated carbocycles. The van der Waals surface area contributed by atoms with Gasteiger partial charge in [-0.1, -0.05) is 48.0 Å². The lowest BCUT2D eigenvalue weighted by atomic mass is 10.1. The summed E-state index contributed by atoms with van der Waals surface area (Å²) in [7, 11) is -3.79. The molecule has 0 aliphatic heterocycles. The molecule has 0 aliphatic rings. The van der Waals surface area contributed by atoms with Crippen LogP contribution in [0.2, 0.25) is 5.02 Å². The molecule has 3 rings (SSSR count). The van der Waals surface area contributed by atoms with E-state index in [-0.39, 0.29) is 11.5 Å². The van der Waals surface area contributed by atoms with E-state index in [1.165, 1.54) is 24.3 Å². The van der Waals surface area contributed by atoms with E-state index in [1.54, 1.807) is 0 Å². The molecule has 3 nitrogen and oxygen atoms in total. The summed E-state index contributed by atoms with van der Waals surface area (Å²) < 4.78 is 29.3. The Hall–Kier alpha value is -1.88. The first kappa shape index (κ1) is 15.0. The summed E-state index contributed by atoms with van der Waals surface area (Å²) in [6.45, 7) is -0.00417. The summed E-state index contributed by atoms with van der Waals surface area (Å²) in [5.41, 5.74) is 0.802. The van der Waals surface area contributed by atoms with Crippen LogP contribution in [-0.2, 0) is 20.9 Å². The van der Waals surface area contributed by atoms with Crippen molar-refractivity contribution in [1.82, 2.24) is 0 Å². The van der Waals surface area contributed by atoms with E-state index < -0.39 is 10.1 Å². The number of hydrogen-bond donors (Lipinski definition) is 0. The minimum Gasteiger partial charge on any atom is -0.262 e. The van der Waals surface area contributed by atoms with Crippen molar-refractivity contribution >= 4 is 32.5 Å². The number of hydrogen-bond acceptors (Lipinski definition) is 3. The lowest BCUT2D eigenvalue weighted by Gasteiger charge is -2.07. The van der Waals surface area contributed by atoms with Crippen molar-refractivity contribution in [1.29, 1.82) is 0 Å². The van der Waals surface area contributed by atoms with Gasteiger partial charge >= 0.3 is 0 Å².